The summed E-state index contributed by atoms with van der Waals surface area (Å²) in [6, 6.07) is 13.5. The Kier molecular flexibility index (Phi) is 7.23. The Hall–Kier alpha value is -3.40. The van der Waals surface area contributed by atoms with E-state index in [0.29, 0.717) is 17.9 Å². The third-order valence-electron chi connectivity index (χ3n) is 5.55. The van der Waals surface area contributed by atoms with Crippen molar-refractivity contribution in [3.63, 3.8) is 0 Å². The molecule has 10 heteroatoms. The Bertz CT molecular complexity index is 1140. The van der Waals surface area contributed by atoms with Crippen LogP contribution in [0.5, 0.6) is 0 Å². The van der Waals surface area contributed by atoms with Gasteiger partial charge in [0, 0.05) is 12.6 Å². The average Bonchev–Trinajstić information content (AvgIpc) is 3.37. The van der Waals surface area contributed by atoms with E-state index in [1.165, 1.54) is 4.90 Å². The molecule has 0 spiro atoms. The molecule has 172 valence electrons. The number of aromatic nitrogens is 3. The van der Waals surface area contributed by atoms with Gasteiger partial charge >= 0.3 is 6.03 Å². The number of amides is 4. The summed E-state index contributed by atoms with van der Waals surface area (Å²) in [5, 5.41) is 14.2. The third kappa shape index (κ3) is 5.33. The van der Waals surface area contributed by atoms with E-state index in [4.69, 9.17) is 0 Å². The molecule has 2 aromatic heterocycles. The normalized spacial score (nSPS) is 16.8. The molecule has 1 saturated heterocycles. The van der Waals surface area contributed by atoms with Crippen LogP contribution < -0.4 is 10.6 Å². The van der Waals surface area contributed by atoms with Crippen molar-refractivity contribution < 1.29 is 14.4 Å². The number of hydrogen-bond donors (Lipinski definition) is 2. The zero-order chi connectivity index (χ0) is 23.2. The van der Waals surface area contributed by atoms with E-state index in [9.17, 15) is 14.4 Å². The third-order valence-corrected chi connectivity index (χ3v) is 6.19. The molecule has 2 atom stereocenters. The van der Waals surface area contributed by atoms with E-state index in [1.807, 2.05) is 65.4 Å². The van der Waals surface area contributed by atoms with E-state index in [1.54, 1.807) is 11.8 Å². The van der Waals surface area contributed by atoms with Crippen LogP contribution in [0.3, 0.4) is 0 Å². The average molecular weight is 467 g/mol. The molecule has 9 nitrogen and oxygen atoms in total. The summed E-state index contributed by atoms with van der Waals surface area (Å²) in [6.45, 7) is 0.213. The van der Waals surface area contributed by atoms with Crippen LogP contribution in [0.1, 0.15) is 36.7 Å². The van der Waals surface area contributed by atoms with Gasteiger partial charge in [-0.15, -0.1) is 10.2 Å². The van der Waals surface area contributed by atoms with Crippen LogP contribution in [-0.2, 0) is 16.1 Å². The fourth-order valence-electron chi connectivity index (χ4n) is 3.83. The Labute approximate surface area is 195 Å². The number of benzene rings is 1. The summed E-state index contributed by atoms with van der Waals surface area (Å²) < 4.78 is 1.87. The lowest BCUT2D eigenvalue weighted by Gasteiger charge is -2.17. The highest BCUT2D eigenvalue weighted by Crippen LogP contribution is 2.19. The standard InChI is InChI=1S/C23H26N6O3S/c1-33-14-12-17(21-27-26-19-9-5-6-13-28(19)21)24-20(30)11-10-18-22(31)29(23(32)25-18)15-16-7-3-2-4-8-16/h2-9,13,17-18H,10-12,14-15H2,1H3,(H,24,30)(H,25,32)/t17-,18-/m0/s1. The van der Waals surface area contributed by atoms with Gasteiger partial charge < -0.3 is 10.6 Å². The van der Waals surface area contributed by atoms with Gasteiger partial charge in [0.15, 0.2) is 11.5 Å². The van der Waals surface area contributed by atoms with Gasteiger partial charge in [0.05, 0.1) is 12.6 Å². The van der Waals surface area contributed by atoms with Gasteiger partial charge in [-0.05, 0) is 42.5 Å². The van der Waals surface area contributed by atoms with Crippen molar-refractivity contribution >= 4 is 35.3 Å². The van der Waals surface area contributed by atoms with Crippen molar-refractivity contribution in [2.75, 3.05) is 12.0 Å². The smallest absolute Gasteiger partial charge is 0.325 e. The predicted molar refractivity (Wildman–Crippen MR) is 125 cm³/mol. The molecular formula is C23H26N6O3S. The number of nitrogens with one attached hydrogen (secondary N) is 2. The maximum atomic E-state index is 12.8. The highest BCUT2D eigenvalue weighted by molar-refractivity contribution is 7.98. The van der Waals surface area contributed by atoms with Crippen molar-refractivity contribution in [3.8, 4) is 0 Å². The molecule has 2 N–H and O–H groups in total. The number of thioether (sulfide) groups is 1. The minimum atomic E-state index is -0.703. The topological polar surface area (TPSA) is 109 Å². The lowest BCUT2D eigenvalue weighted by atomic mass is 10.1. The van der Waals surface area contributed by atoms with Crippen LogP contribution in [0.4, 0.5) is 4.79 Å². The van der Waals surface area contributed by atoms with E-state index >= 15 is 0 Å². The number of carbonyl (C=O) groups excluding carboxylic acids is 3. The molecule has 0 saturated carbocycles. The number of pyridine rings is 1. The monoisotopic (exact) mass is 466 g/mol. The van der Waals surface area contributed by atoms with Gasteiger partial charge in [0.2, 0.25) is 5.91 Å². The molecule has 33 heavy (non-hydrogen) atoms. The number of rotatable bonds is 10. The first-order chi connectivity index (χ1) is 16.1. The Morgan fingerprint density at radius 1 is 1.15 bits per heavy atom. The number of imide groups is 1. The van der Waals surface area contributed by atoms with Crippen LogP contribution in [0.15, 0.2) is 54.7 Å². The summed E-state index contributed by atoms with van der Waals surface area (Å²) >= 11 is 1.69. The van der Waals surface area contributed by atoms with Crippen molar-refractivity contribution in [3.05, 3.63) is 66.1 Å². The second kappa shape index (κ2) is 10.5. The van der Waals surface area contributed by atoms with Crippen molar-refractivity contribution in [1.29, 1.82) is 0 Å². The van der Waals surface area contributed by atoms with E-state index in [-0.39, 0.29) is 37.2 Å². The first kappa shape index (κ1) is 22.8. The maximum absolute atomic E-state index is 12.8. The Morgan fingerprint density at radius 3 is 2.73 bits per heavy atom. The highest BCUT2D eigenvalue weighted by Gasteiger charge is 2.37. The highest BCUT2D eigenvalue weighted by atomic mass is 32.2. The molecule has 1 aromatic carbocycles. The first-order valence-electron chi connectivity index (χ1n) is 10.8. The summed E-state index contributed by atoms with van der Waals surface area (Å²) in [5.74, 6) is 1.02. The van der Waals surface area contributed by atoms with E-state index in [2.05, 4.69) is 20.8 Å². The zero-order valence-corrected chi connectivity index (χ0v) is 19.1. The van der Waals surface area contributed by atoms with Gasteiger partial charge in [-0.1, -0.05) is 36.4 Å². The SMILES string of the molecule is CSCC[C@H](NC(=O)CC[C@@H]1NC(=O)N(Cc2ccccc2)C1=O)c1nnc2ccccn12. The van der Waals surface area contributed by atoms with Gasteiger partial charge in [-0.3, -0.25) is 18.9 Å². The molecule has 0 radical (unpaired) electrons. The quantitative estimate of drug-likeness (QED) is 0.445. The molecular weight excluding hydrogens is 440 g/mol. The number of carbonyl (C=O) groups is 3. The van der Waals surface area contributed by atoms with E-state index in [0.717, 1.165) is 11.3 Å². The fourth-order valence-corrected chi connectivity index (χ4v) is 4.30. The van der Waals surface area contributed by atoms with Crippen LogP contribution in [0, 0.1) is 0 Å². The number of fused-ring (bicyclic) bond motifs is 1. The Morgan fingerprint density at radius 2 is 1.94 bits per heavy atom. The molecule has 4 rings (SSSR count). The fraction of sp³-hybridized carbons (Fsp3) is 0.348. The van der Waals surface area contributed by atoms with Crippen molar-refractivity contribution in [2.24, 2.45) is 0 Å². The summed E-state index contributed by atoms with van der Waals surface area (Å²) in [5.41, 5.74) is 1.59. The molecule has 0 unspecified atom stereocenters. The minimum absolute atomic E-state index is 0.113. The van der Waals surface area contributed by atoms with Gasteiger partial charge in [0.1, 0.15) is 6.04 Å². The number of hydrogen-bond acceptors (Lipinski definition) is 6. The van der Waals surface area contributed by atoms with Crippen molar-refractivity contribution in [2.45, 2.75) is 37.9 Å². The maximum Gasteiger partial charge on any atom is 0.325 e. The molecule has 4 amide bonds. The van der Waals surface area contributed by atoms with Crippen LogP contribution in [0.25, 0.3) is 5.65 Å². The summed E-state index contributed by atoms with van der Waals surface area (Å²) in [7, 11) is 0. The molecule has 1 fully saturated rings. The van der Waals surface area contributed by atoms with Crippen LogP contribution >= 0.6 is 11.8 Å². The van der Waals surface area contributed by atoms with Gasteiger partial charge in [0.25, 0.3) is 5.91 Å². The Balaban J connectivity index is 1.36. The van der Waals surface area contributed by atoms with Crippen LogP contribution in [-0.4, -0.2) is 55.4 Å². The summed E-state index contributed by atoms with van der Waals surface area (Å²) in [6.07, 6.45) is 4.93. The number of urea groups is 1. The summed E-state index contributed by atoms with van der Waals surface area (Å²) in [4.78, 5) is 39.0. The molecule has 0 bridgehead atoms. The van der Waals surface area contributed by atoms with Gasteiger partial charge in [-0.2, -0.15) is 11.8 Å². The molecule has 3 heterocycles. The first-order valence-corrected chi connectivity index (χ1v) is 12.2. The minimum Gasteiger partial charge on any atom is -0.346 e. The molecule has 1 aliphatic rings. The van der Waals surface area contributed by atoms with Crippen LogP contribution in [0.2, 0.25) is 0 Å². The van der Waals surface area contributed by atoms with Crippen molar-refractivity contribution in [1.82, 2.24) is 30.1 Å². The largest absolute Gasteiger partial charge is 0.346 e. The lowest BCUT2D eigenvalue weighted by molar-refractivity contribution is -0.128. The zero-order valence-electron chi connectivity index (χ0n) is 18.3. The second-order valence-electron chi connectivity index (χ2n) is 7.84. The van der Waals surface area contributed by atoms with Gasteiger partial charge in [-0.25, -0.2) is 4.79 Å². The second-order valence-corrected chi connectivity index (χ2v) is 8.82. The molecule has 3 aromatic rings. The van der Waals surface area contributed by atoms with E-state index < -0.39 is 12.1 Å². The number of nitrogens with zero attached hydrogens (tertiary/aromatic N) is 4. The lowest BCUT2D eigenvalue weighted by Crippen LogP contribution is -2.34. The molecule has 0 aliphatic carbocycles. The predicted octanol–water partition coefficient (Wildman–Crippen LogP) is 2.54. The molecule has 1 aliphatic heterocycles.